The summed E-state index contributed by atoms with van der Waals surface area (Å²) in [5, 5.41) is 4.20. The third kappa shape index (κ3) is 2.55. The Balaban J connectivity index is 2.21. The molecule has 0 unspecified atom stereocenters. The molecule has 1 heterocycles. The van der Waals surface area contributed by atoms with Crippen molar-refractivity contribution in [2.75, 3.05) is 13.1 Å². The molecule has 1 radical (unpaired) electrons. The van der Waals surface area contributed by atoms with E-state index in [-0.39, 0.29) is 5.92 Å². The van der Waals surface area contributed by atoms with E-state index in [0.29, 0.717) is 0 Å². The topological polar surface area (TPSA) is 14.1 Å². The first-order valence-electron chi connectivity index (χ1n) is 5.38. The second-order valence-corrected chi connectivity index (χ2v) is 4.07. The lowest BCUT2D eigenvalue weighted by Gasteiger charge is -2.22. The first-order chi connectivity index (χ1) is 7.57. The normalized spacial score (nSPS) is 18.7. The quantitative estimate of drug-likeness (QED) is 0.701. The zero-order chi connectivity index (χ0) is 11.6. The highest BCUT2D eigenvalue weighted by Gasteiger charge is 2.31. The van der Waals surface area contributed by atoms with Gasteiger partial charge in [-0.2, -0.15) is 13.2 Å². The Kier molecular flexibility index (Phi) is 3.19. The van der Waals surface area contributed by atoms with Crippen molar-refractivity contribution in [1.82, 2.24) is 5.32 Å². The molecular formula is C12H13F3N. The van der Waals surface area contributed by atoms with E-state index in [1.807, 2.05) is 0 Å². The Labute approximate surface area is 92.7 Å². The van der Waals surface area contributed by atoms with Crippen molar-refractivity contribution in [3.05, 3.63) is 35.4 Å². The highest BCUT2D eigenvalue weighted by Crippen LogP contribution is 2.33. The molecule has 4 heteroatoms. The first-order valence-corrected chi connectivity index (χ1v) is 5.38. The molecule has 0 spiro atoms. The van der Waals surface area contributed by atoms with Crippen LogP contribution in [0.3, 0.4) is 0 Å². The van der Waals surface area contributed by atoms with Crippen LogP contribution in [0.1, 0.15) is 29.9 Å². The van der Waals surface area contributed by atoms with Gasteiger partial charge in [-0.25, -0.2) is 5.32 Å². The number of piperidine rings is 1. The van der Waals surface area contributed by atoms with Gasteiger partial charge in [0.2, 0.25) is 0 Å². The van der Waals surface area contributed by atoms with Crippen LogP contribution in [0.2, 0.25) is 0 Å². The van der Waals surface area contributed by atoms with Crippen LogP contribution in [0.5, 0.6) is 0 Å². The van der Waals surface area contributed by atoms with Crippen molar-refractivity contribution in [1.29, 1.82) is 0 Å². The molecule has 0 aromatic heterocycles. The van der Waals surface area contributed by atoms with Crippen molar-refractivity contribution in [3.8, 4) is 0 Å². The molecule has 0 bridgehead atoms. The molecular weight excluding hydrogens is 215 g/mol. The third-order valence-electron chi connectivity index (χ3n) is 2.96. The van der Waals surface area contributed by atoms with Crippen LogP contribution in [0.4, 0.5) is 13.2 Å². The van der Waals surface area contributed by atoms with Gasteiger partial charge in [0.1, 0.15) is 0 Å². The number of rotatable bonds is 1. The molecule has 0 aliphatic carbocycles. The number of nitrogens with zero attached hydrogens (tertiary/aromatic N) is 1. The molecule has 1 aromatic rings. The number of alkyl halides is 3. The molecule has 0 saturated carbocycles. The molecule has 0 amide bonds. The average molecular weight is 228 g/mol. The first kappa shape index (κ1) is 11.5. The summed E-state index contributed by atoms with van der Waals surface area (Å²) in [5.41, 5.74) is 0.247. The summed E-state index contributed by atoms with van der Waals surface area (Å²) >= 11 is 0. The van der Waals surface area contributed by atoms with Crippen LogP contribution < -0.4 is 5.32 Å². The summed E-state index contributed by atoms with van der Waals surface area (Å²) in [7, 11) is 0. The van der Waals surface area contributed by atoms with E-state index in [1.54, 1.807) is 6.07 Å². The van der Waals surface area contributed by atoms with Gasteiger partial charge in [0, 0.05) is 13.1 Å². The molecule has 1 aliphatic heterocycles. The Morgan fingerprint density at radius 1 is 1.12 bits per heavy atom. The minimum absolute atomic E-state index is 0.236. The smallest absolute Gasteiger partial charge is 0.242 e. The maximum absolute atomic E-state index is 12.5. The van der Waals surface area contributed by atoms with E-state index in [9.17, 15) is 13.2 Å². The maximum atomic E-state index is 12.5. The highest BCUT2D eigenvalue weighted by molar-refractivity contribution is 5.28. The number of halogens is 3. The number of hydrogen-bond donors (Lipinski definition) is 0. The average Bonchev–Trinajstić information content (AvgIpc) is 2.29. The predicted molar refractivity (Wildman–Crippen MR) is 55.3 cm³/mol. The Morgan fingerprint density at radius 3 is 2.44 bits per heavy atom. The standard InChI is InChI=1S/C12H13F3N/c13-12(14,15)11-3-1-2-10(8-11)9-4-6-16-7-5-9/h1-3,8-9H,4-7H2. The van der Waals surface area contributed by atoms with Gasteiger partial charge in [-0.05, 0) is 30.4 Å². The van der Waals surface area contributed by atoms with Gasteiger partial charge in [0.05, 0.1) is 5.56 Å². The van der Waals surface area contributed by atoms with Crippen LogP contribution >= 0.6 is 0 Å². The Hall–Kier alpha value is -1.03. The lowest BCUT2D eigenvalue weighted by Crippen LogP contribution is -2.21. The van der Waals surface area contributed by atoms with Crippen molar-refractivity contribution < 1.29 is 13.2 Å². The summed E-state index contributed by atoms with van der Waals surface area (Å²) < 4.78 is 37.5. The van der Waals surface area contributed by atoms with Crippen molar-refractivity contribution in [2.24, 2.45) is 0 Å². The van der Waals surface area contributed by atoms with Crippen LogP contribution in [0, 0.1) is 0 Å². The fourth-order valence-corrected chi connectivity index (χ4v) is 2.05. The number of hydrogen-bond acceptors (Lipinski definition) is 0. The lowest BCUT2D eigenvalue weighted by molar-refractivity contribution is -0.137. The molecule has 1 aliphatic rings. The van der Waals surface area contributed by atoms with Gasteiger partial charge in [0.25, 0.3) is 0 Å². The molecule has 1 fully saturated rings. The van der Waals surface area contributed by atoms with Gasteiger partial charge in [-0.3, -0.25) is 0 Å². The molecule has 1 aromatic carbocycles. The molecule has 1 saturated heterocycles. The summed E-state index contributed by atoms with van der Waals surface area (Å²) in [6.45, 7) is 1.53. The van der Waals surface area contributed by atoms with Crippen molar-refractivity contribution >= 4 is 0 Å². The largest absolute Gasteiger partial charge is 0.416 e. The van der Waals surface area contributed by atoms with Gasteiger partial charge >= 0.3 is 6.18 Å². The Bertz CT molecular complexity index is 354. The summed E-state index contributed by atoms with van der Waals surface area (Å²) in [5.74, 6) is 0.236. The van der Waals surface area contributed by atoms with Crippen LogP contribution in [0.25, 0.3) is 0 Å². The second-order valence-electron chi connectivity index (χ2n) is 4.07. The molecule has 0 N–H and O–H groups in total. The summed E-state index contributed by atoms with van der Waals surface area (Å²) in [6.07, 6.45) is -2.52. The SMILES string of the molecule is FC(F)(F)c1cccc(C2CC[N]CC2)c1. The lowest BCUT2D eigenvalue weighted by atomic mass is 9.89. The van der Waals surface area contributed by atoms with Crippen LogP contribution in [-0.2, 0) is 6.18 Å². The van der Waals surface area contributed by atoms with Gasteiger partial charge < -0.3 is 0 Å². The summed E-state index contributed by atoms with van der Waals surface area (Å²) in [4.78, 5) is 0. The van der Waals surface area contributed by atoms with Crippen molar-refractivity contribution in [2.45, 2.75) is 24.9 Å². The van der Waals surface area contributed by atoms with Gasteiger partial charge in [0.15, 0.2) is 0 Å². The van der Waals surface area contributed by atoms with E-state index in [1.165, 1.54) is 12.1 Å². The van der Waals surface area contributed by atoms with Gasteiger partial charge in [-0.1, -0.05) is 18.2 Å². The fraction of sp³-hybridized carbons (Fsp3) is 0.500. The molecule has 87 valence electrons. The van der Waals surface area contributed by atoms with E-state index < -0.39 is 11.7 Å². The number of benzene rings is 1. The minimum atomic E-state index is -4.24. The van der Waals surface area contributed by atoms with E-state index in [0.717, 1.165) is 37.6 Å². The van der Waals surface area contributed by atoms with E-state index >= 15 is 0 Å². The highest BCUT2D eigenvalue weighted by atomic mass is 19.4. The van der Waals surface area contributed by atoms with Gasteiger partial charge in [-0.15, -0.1) is 0 Å². The molecule has 2 rings (SSSR count). The zero-order valence-corrected chi connectivity index (χ0v) is 8.80. The van der Waals surface area contributed by atoms with Crippen LogP contribution in [0.15, 0.2) is 24.3 Å². The molecule has 1 nitrogen and oxygen atoms in total. The van der Waals surface area contributed by atoms with Crippen LogP contribution in [-0.4, -0.2) is 13.1 Å². The maximum Gasteiger partial charge on any atom is 0.416 e. The van der Waals surface area contributed by atoms with E-state index in [4.69, 9.17) is 0 Å². The van der Waals surface area contributed by atoms with Crippen molar-refractivity contribution in [3.63, 3.8) is 0 Å². The van der Waals surface area contributed by atoms with E-state index in [2.05, 4.69) is 5.32 Å². The molecule has 16 heavy (non-hydrogen) atoms. The monoisotopic (exact) mass is 228 g/mol. The summed E-state index contributed by atoms with van der Waals surface area (Å²) in [6, 6.07) is 5.67. The molecule has 0 atom stereocenters. The second kappa shape index (κ2) is 4.45. The predicted octanol–water partition coefficient (Wildman–Crippen LogP) is 3.19. The third-order valence-corrected chi connectivity index (χ3v) is 2.96. The Morgan fingerprint density at radius 2 is 1.81 bits per heavy atom. The zero-order valence-electron chi connectivity index (χ0n) is 8.80. The minimum Gasteiger partial charge on any atom is -0.242 e. The fourth-order valence-electron chi connectivity index (χ4n) is 2.05.